The van der Waals surface area contributed by atoms with Crippen LogP contribution in [0.2, 0.25) is 0 Å². The van der Waals surface area contributed by atoms with Gasteiger partial charge in [0.1, 0.15) is 17.9 Å². The normalized spacial score (nSPS) is 15.2. The average molecular weight is 477 g/mol. The molecule has 0 spiro atoms. The Hall–Kier alpha value is -3.71. The van der Waals surface area contributed by atoms with E-state index in [4.69, 9.17) is 4.74 Å². The molecule has 0 unspecified atom stereocenters. The molecule has 31 heavy (non-hydrogen) atoms. The van der Waals surface area contributed by atoms with Crippen LogP contribution in [0.3, 0.4) is 0 Å². The molecule has 1 saturated heterocycles. The fourth-order valence-electron chi connectivity index (χ4n) is 3.08. The lowest BCUT2D eigenvalue weighted by Gasteiger charge is -2.26. The van der Waals surface area contributed by atoms with Gasteiger partial charge in [-0.15, -0.1) is 0 Å². The van der Waals surface area contributed by atoms with Gasteiger partial charge in [0.05, 0.1) is 5.69 Å². The van der Waals surface area contributed by atoms with Crippen LogP contribution in [-0.2, 0) is 16.2 Å². The third-order valence-corrected chi connectivity index (χ3v) is 5.10. The molecule has 3 aromatic carbocycles. The molecule has 0 aliphatic carbocycles. The molecule has 1 aliphatic rings. The molecule has 154 valence electrons. The molecular weight excluding hydrogens is 460 g/mol. The van der Waals surface area contributed by atoms with Gasteiger partial charge >= 0.3 is 6.03 Å². The quantitative estimate of drug-likeness (QED) is 0.427. The van der Waals surface area contributed by atoms with Gasteiger partial charge in [-0.05, 0) is 47.5 Å². The van der Waals surface area contributed by atoms with Crippen molar-refractivity contribution in [1.82, 2.24) is 5.32 Å². The second-order valence-corrected chi connectivity index (χ2v) is 7.70. The number of hydrogen-bond acceptors (Lipinski definition) is 4. The smallest absolute Gasteiger partial charge is 0.335 e. The molecule has 7 heteroatoms. The van der Waals surface area contributed by atoms with E-state index < -0.39 is 17.8 Å². The SMILES string of the molecule is O=C1NC(=O)N(c2cccc(Br)c2)C(=O)/C1=C/c1ccc(OCc2ccccc2)cc1. The lowest BCUT2D eigenvalue weighted by atomic mass is 10.1. The van der Waals surface area contributed by atoms with Crippen molar-refractivity contribution in [3.8, 4) is 5.75 Å². The topological polar surface area (TPSA) is 75.7 Å². The van der Waals surface area contributed by atoms with Crippen LogP contribution in [-0.4, -0.2) is 17.8 Å². The first-order chi connectivity index (χ1) is 15.0. The van der Waals surface area contributed by atoms with Crippen LogP contribution in [0.4, 0.5) is 10.5 Å². The first-order valence-corrected chi connectivity index (χ1v) is 10.2. The standard InChI is InChI=1S/C24H17BrN2O4/c25-18-7-4-8-19(14-18)27-23(29)21(22(28)26-24(27)30)13-16-9-11-20(12-10-16)31-15-17-5-2-1-3-6-17/h1-14H,15H2,(H,26,28,30)/b21-13+. The summed E-state index contributed by atoms with van der Waals surface area (Å²) >= 11 is 3.32. The minimum atomic E-state index is -0.782. The summed E-state index contributed by atoms with van der Waals surface area (Å²) in [6.07, 6.45) is 1.45. The predicted molar refractivity (Wildman–Crippen MR) is 120 cm³/mol. The first-order valence-electron chi connectivity index (χ1n) is 9.45. The van der Waals surface area contributed by atoms with Gasteiger partial charge in [-0.25, -0.2) is 9.69 Å². The lowest BCUT2D eigenvalue weighted by Crippen LogP contribution is -2.54. The van der Waals surface area contributed by atoms with Crippen molar-refractivity contribution in [3.63, 3.8) is 0 Å². The lowest BCUT2D eigenvalue weighted by molar-refractivity contribution is -0.122. The molecule has 1 N–H and O–H groups in total. The van der Waals surface area contributed by atoms with Crippen LogP contribution in [0.15, 0.2) is 88.9 Å². The summed E-state index contributed by atoms with van der Waals surface area (Å²) in [6, 6.07) is 22.7. The molecule has 1 aliphatic heterocycles. The molecule has 4 amide bonds. The van der Waals surface area contributed by atoms with E-state index in [9.17, 15) is 14.4 Å². The summed E-state index contributed by atoms with van der Waals surface area (Å²) in [4.78, 5) is 38.4. The van der Waals surface area contributed by atoms with E-state index in [1.54, 1.807) is 48.5 Å². The van der Waals surface area contributed by atoms with Crippen molar-refractivity contribution in [2.75, 3.05) is 4.90 Å². The van der Waals surface area contributed by atoms with Gasteiger partial charge in [-0.1, -0.05) is 64.5 Å². The van der Waals surface area contributed by atoms with Gasteiger partial charge in [-0.3, -0.25) is 14.9 Å². The van der Waals surface area contributed by atoms with Crippen molar-refractivity contribution in [2.45, 2.75) is 6.61 Å². The van der Waals surface area contributed by atoms with Crippen LogP contribution in [0.5, 0.6) is 5.75 Å². The monoisotopic (exact) mass is 476 g/mol. The number of carbonyl (C=O) groups is 3. The number of benzene rings is 3. The van der Waals surface area contributed by atoms with Gasteiger partial charge in [0.2, 0.25) is 0 Å². The van der Waals surface area contributed by atoms with E-state index in [0.29, 0.717) is 28.1 Å². The van der Waals surface area contributed by atoms with E-state index in [0.717, 1.165) is 10.5 Å². The molecule has 6 nitrogen and oxygen atoms in total. The van der Waals surface area contributed by atoms with Crippen molar-refractivity contribution >= 4 is 45.5 Å². The van der Waals surface area contributed by atoms with Gasteiger partial charge < -0.3 is 4.74 Å². The fraction of sp³-hybridized carbons (Fsp3) is 0.0417. The Labute approximate surface area is 187 Å². The molecule has 0 radical (unpaired) electrons. The number of hydrogen-bond donors (Lipinski definition) is 1. The third-order valence-electron chi connectivity index (χ3n) is 4.61. The van der Waals surface area contributed by atoms with E-state index in [1.165, 1.54) is 6.08 Å². The Morgan fingerprint density at radius 2 is 1.65 bits per heavy atom. The maximum atomic E-state index is 12.9. The van der Waals surface area contributed by atoms with Crippen LogP contribution in [0.25, 0.3) is 6.08 Å². The van der Waals surface area contributed by atoms with Gasteiger partial charge in [0, 0.05) is 4.47 Å². The number of carbonyl (C=O) groups excluding carboxylic acids is 3. The maximum absolute atomic E-state index is 12.9. The maximum Gasteiger partial charge on any atom is 0.335 e. The largest absolute Gasteiger partial charge is 0.489 e. The number of ether oxygens (including phenoxy) is 1. The van der Waals surface area contributed by atoms with E-state index in [-0.39, 0.29) is 5.57 Å². The number of halogens is 1. The van der Waals surface area contributed by atoms with Crippen LogP contribution in [0, 0.1) is 0 Å². The number of nitrogens with zero attached hydrogens (tertiary/aromatic N) is 1. The summed E-state index contributed by atoms with van der Waals surface area (Å²) in [5.74, 6) is -0.752. The molecule has 4 rings (SSSR count). The van der Waals surface area contributed by atoms with E-state index in [1.807, 2.05) is 30.3 Å². The Morgan fingerprint density at radius 1 is 0.903 bits per heavy atom. The van der Waals surface area contributed by atoms with Gasteiger partial charge in [0.15, 0.2) is 0 Å². The zero-order chi connectivity index (χ0) is 21.8. The highest BCUT2D eigenvalue weighted by atomic mass is 79.9. The van der Waals surface area contributed by atoms with Crippen molar-refractivity contribution in [3.05, 3.63) is 100 Å². The molecule has 1 fully saturated rings. The van der Waals surface area contributed by atoms with Crippen molar-refractivity contribution in [2.24, 2.45) is 0 Å². The molecule has 0 aromatic heterocycles. The second-order valence-electron chi connectivity index (χ2n) is 6.78. The second kappa shape index (κ2) is 8.97. The number of nitrogens with one attached hydrogen (secondary N) is 1. The summed E-state index contributed by atoms with van der Waals surface area (Å²) in [6.45, 7) is 0.436. The summed E-state index contributed by atoms with van der Waals surface area (Å²) in [7, 11) is 0. The average Bonchev–Trinajstić information content (AvgIpc) is 2.77. The summed E-state index contributed by atoms with van der Waals surface area (Å²) in [5.41, 5.74) is 1.92. The number of amides is 4. The van der Waals surface area contributed by atoms with E-state index in [2.05, 4.69) is 21.2 Å². The molecule has 0 atom stereocenters. The summed E-state index contributed by atoms with van der Waals surface area (Å²) < 4.78 is 6.46. The molecule has 1 heterocycles. The van der Waals surface area contributed by atoms with Crippen LogP contribution < -0.4 is 15.0 Å². The van der Waals surface area contributed by atoms with Gasteiger partial charge in [0.25, 0.3) is 11.8 Å². The highest BCUT2D eigenvalue weighted by Gasteiger charge is 2.36. The third kappa shape index (κ3) is 4.73. The minimum absolute atomic E-state index is 0.127. The van der Waals surface area contributed by atoms with E-state index >= 15 is 0 Å². The van der Waals surface area contributed by atoms with Crippen molar-refractivity contribution < 1.29 is 19.1 Å². The fourth-order valence-corrected chi connectivity index (χ4v) is 3.46. The molecule has 0 bridgehead atoms. The van der Waals surface area contributed by atoms with Crippen molar-refractivity contribution in [1.29, 1.82) is 0 Å². The zero-order valence-electron chi connectivity index (χ0n) is 16.2. The number of anilines is 1. The first kappa shape index (κ1) is 20.6. The molecule has 0 saturated carbocycles. The van der Waals surface area contributed by atoms with Gasteiger partial charge in [-0.2, -0.15) is 0 Å². The number of urea groups is 1. The number of barbiturate groups is 1. The highest BCUT2D eigenvalue weighted by Crippen LogP contribution is 2.25. The number of rotatable bonds is 5. The Balaban J connectivity index is 1.53. The molecule has 3 aromatic rings. The Bertz CT molecular complexity index is 1170. The zero-order valence-corrected chi connectivity index (χ0v) is 17.8. The van der Waals surface area contributed by atoms with Crippen LogP contribution in [0.1, 0.15) is 11.1 Å². The Kier molecular flexibility index (Phi) is 5.95. The predicted octanol–water partition coefficient (Wildman–Crippen LogP) is 4.69. The molecular formula is C24H17BrN2O4. The highest BCUT2D eigenvalue weighted by molar-refractivity contribution is 9.10. The summed E-state index contributed by atoms with van der Waals surface area (Å²) in [5, 5.41) is 2.22. The Morgan fingerprint density at radius 3 is 2.35 bits per heavy atom. The minimum Gasteiger partial charge on any atom is -0.489 e. The van der Waals surface area contributed by atoms with Crippen LogP contribution >= 0.6 is 15.9 Å². The number of imide groups is 2.